The molecule has 4 heterocycles. The van der Waals surface area contributed by atoms with E-state index in [1.54, 1.807) is 0 Å². The summed E-state index contributed by atoms with van der Waals surface area (Å²) in [5.74, 6) is 1.08. The summed E-state index contributed by atoms with van der Waals surface area (Å²) in [5, 5.41) is 0. The predicted octanol–water partition coefficient (Wildman–Crippen LogP) is 4.63. The average molecular weight is 389 g/mol. The summed E-state index contributed by atoms with van der Waals surface area (Å²) < 4.78 is 8.38. The predicted molar refractivity (Wildman–Crippen MR) is 116 cm³/mol. The van der Waals surface area contributed by atoms with E-state index in [9.17, 15) is 0 Å². The van der Waals surface area contributed by atoms with Crippen LogP contribution < -0.4 is 0 Å². The highest BCUT2D eigenvalue weighted by atomic mass is 16.5. The largest absolute Gasteiger partial charge is 0.370 e. The van der Waals surface area contributed by atoms with Crippen LogP contribution in [0.25, 0.3) is 17.2 Å². The average Bonchev–Trinajstić information content (AvgIpc) is 3.43. The highest BCUT2D eigenvalue weighted by Crippen LogP contribution is 2.35. The fraction of sp³-hybridized carbons (Fsp3) is 0.417. The molecule has 1 unspecified atom stereocenters. The summed E-state index contributed by atoms with van der Waals surface area (Å²) in [5.41, 5.74) is 3.27. The Labute approximate surface area is 172 Å². The number of hydrogen-bond acceptors (Lipinski definition) is 4. The van der Waals surface area contributed by atoms with Crippen LogP contribution in [0.1, 0.15) is 49.2 Å². The maximum atomic E-state index is 5.99. The number of piperidine rings is 1. The molecule has 29 heavy (non-hydrogen) atoms. The molecule has 150 valence electrons. The van der Waals surface area contributed by atoms with Crippen LogP contribution in [0, 0.1) is 0 Å². The van der Waals surface area contributed by atoms with Gasteiger partial charge in [0.25, 0.3) is 0 Å². The highest BCUT2D eigenvalue weighted by Gasteiger charge is 2.30. The molecular weight excluding hydrogens is 360 g/mol. The molecule has 5 rings (SSSR count). The van der Waals surface area contributed by atoms with E-state index in [1.165, 1.54) is 5.56 Å². The zero-order valence-electron chi connectivity index (χ0n) is 16.8. The van der Waals surface area contributed by atoms with Crippen molar-refractivity contribution in [1.82, 2.24) is 19.4 Å². The highest BCUT2D eigenvalue weighted by molar-refractivity contribution is 5.71. The molecule has 0 N–H and O–H groups in total. The third kappa shape index (κ3) is 3.98. The Balaban J connectivity index is 1.29. The van der Waals surface area contributed by atoms with Crippen molar-refractivity contribution in [2.24, 2.45) is 0 Å². The summed E-state index contributed by atoms with van der Waals surface area (Å²) in [6.45, 7) is 4.04. The van der Waals surface area contributed by atoms with Gasteiger partial charge in [0.05, 0.1) is 0 Å². The number of ether oxygens (including phenoxy) is 1. The molecule has 2 aliphatic rings. The van der Waals surface area contributed by atoms with Gasteiger partial charge in [-0.2, -0.15) is 0 Å². The number of pyridine rings is 1. The van der Waals surface area contributed by atoms with Gasteiger partial charge in [-0.05, 0) is 43.4 Å². The Hall–Kier alpha value is -2.50. The molecule has 5 heteroatoms. The second kappa shape index (κ2) is 8.47. The van der Waals surface area contributed by atoms with Gasteiger partial charge in [-0.3, -0.25) is 4.90 Å². The molecule has 3 aromatic rings. The number of fused-ring (bicyclic) bond motifs is 1. The molecule has 5 nitrogen and oxygen atoms in total. The van der Waals surface area contributed by atoms with Crippen molar-refractivity contribution in [1.29, 1.82) is 0 Å². The fourth-order valence-corrected chi connectivity index (χ4v) is 4.58. The maximum absolute atomic E-state index is 5.99. The van der Waals surface area contributed by atoms with E-state index >= 15 is 0 Å². The van der Waals surface area contributed by atoms with Gasteiger partial charge in [0.2, 0.25) is 0 Å². The van der Waals surface area contributed by atoms with Crippen molar-refractivity contribution in [3.8, 4) is 0 Å². The standard InChI is InChI=1S/C24H28N4O/c1-2-7-19(8-3-1)9-5-15-27-16-12-20(13-17-27)28-23-21(10-4-14-25-23)26-24(28)22-11-6-18-29-22/h1-5,7-10,14,20,22H,6,11-13,15-18H2/b9-5+. The van der Waals surface area contributed by atoms with Crippen LogP contribution in [-0.4, -0.2) is 45.7 Å². The lowest BCUT2D eigenvalue weighted by Gasteiger charge is -2.33. The summed E-state index contributed by atoms with van der Waals surface area (Å²) in [4.78, 5) is 12.1. The number of likely N-dealkylation sites (tertiary alicyclic amines) is 1. The summed E-state index contributed by atoms with van der Waals surface area (Å²) in [7, 11) is 0. The molecule has 0 aliphatic carbocycles. The topological polar surface area (TPSA) is 43.2 Å². The first kappa shape index (κ1) is 18.5. The van der Waals surface area contributed by atoms with Crippen LogP contribution >= 0.6 is 0 Å². The van der Waals surface area contributed by atoms with Crippen LogP contribution in [0.5, 0.6) is 0 Å². The fourth-order valence-electron chi connectivity index (χ4n) is 4.58. The van der Waals surface area contributed by atoms with Crippen molar-refractivity contribution < 1.29 is 4.74 Å². The summed E-state index contributed by atoms with van der Waals surface area (Å²) in [6, 6.07) is 15.0. The smallest absolute Gasteiger partial charge is 0.160 e. The van der Waals surface area contributed by atoms with Gasteiger partial charge in [0.1, 0.15) is 17.4 Å². The number of imidazole rings is 1. The van der Waals surface area contributed by atoms with Gasteiger partial charge in [0, 0.05) is 38.5 Å². The third-order valence-electron chi connectivity index (χ3n) is 6.09. The summed E-state index contributed by atoms with van der Waals surface area (Å²) >= 11 is 0. The van der Waals surface area contributed by atoms with Gasteiger partial charge in [-0.15, -0.1) is 0 Å². The monoisotopic (exact) mass is 388 g/mol. The number of hydrogen-bond donors (Lipinski definition) is 0. The molecule has 0 spiro atoms. The van der Waals surface area contributed by atoms with E-state index in [4.69, 9.17) is 9.72 Å². The van der Waals surface area contributed by atoms with Gasteiger partial charge >= 0.3 is 0 Å². The van der Waals surface area contributed by atoms with Crippen molar-refractivity contribution in [2.45, 2.75) is 37.8 Å². The zero-order valence-corrected chi connectivity index (χ0v) is 16.8. The molecule has 2 aromatic heterocycles. The van der Waals surface area contributed by atoms with Gasteiger partial charge in [-0.1, -0.05) is 42.5 Å². The number of rotatable bonds is 5. The Morgan fingerprint density at radius 2 is 1.90 bits per heavy atom. The van der Waals surface area contributed by atoms with Crippen LogP contribution in [0.3, 0.4) is 0 Å². The summed E-state index contributed by atoms with van der Waals surface area (Å²) in [6.07, 6.45) is 10.9. The minimum absolute atomic E-state index is 0.121. The zero-order chi connectivity index (χ0) is 19.5. The van der Waals surface area contributed by atoms with E-state index in [2.05, 4.69) is 63.0 Å². The first-order chi connectivity index (χ1) is 14.4. The van der Waals surface area contributed by atoms with Crippen LogP contribution in [0.15, 0.2) is 54.7 Å². The Morgan fingerprint density at radius 1 is 1.03 bits per heavy atom. The Bertz CT molecular complexity index is 967. The lowest BCUT2D eigenvalue weighted by atomic mass is 10.0. The van der Waals surface area contributed by atoms with Crippen LogP contribution in [-0.2, 0) is 4.74 Å². The molecule has 0 radical (unpaired) electrons. The molecule has 0 amide bonds. The molecule has 2 saturated heterocycles. The van der Waals surface area contributed by atoms with Crippen molar-refractivity contribution in [3.05, 3.63) is 66.1 Å². The molecular formula is C24H28N4O. The van der Waals surface area contributed by atoms with E-state index in [0.29, 0.717) is 6.04 Å². The van der Waals surface area contributed by atoms with E-state index < -0.39 is 0 Å². The van der Waals surface area contributed by atoms with Gasteiger partial charge in [-0.25, -0.2) is 9.97 Å². The molecule has 1 aromatic carbocycles. The second-order valence-electron chi connectivity index (χ2n) is 8.03. The first-order valence-electron chi connectivity index (χ1n) is 10.8. The van der Waals surface area contributed by atoms with Gasteiger partial charge in [0.15, 0.2) is 5.65 Å². The molecule has 0 saturated carbocycles. The molecule has 0 bridgehead atoms. The normalized spacial score (nSPS) is 21.4. The lowest BCUT2D eigenvalue weighted by Crippen LogP contribution is -2.35. The SMILES string of the molecule is C(=C\c1ccccc1)/CN1CCC(n2c(C3CCCO3)nc3cccnc32)CC1. The van der Waals surface area contributed by atoms with Gasteiger partial charge < -0.3 is 9.30 Å². The van der Waals surface area contributed by atoms with Crippen molar-refractivity contribution in [2.75, 3.05) is 26.2 Å². The van der Waals surface area contributed by atoms with E-state index in [0.717, 1.165) is 68.9 Å². The Morgan fingerprint density at radius 3 is 2.69 bits per heavy atom. The quantitative estimate of drug-likeness (QED) is 0.639. The van der Waals surface area contributed by atoms with Crippen molar-refractivity contribution >= 4 is 17.2 Å². The number of nitrogens with zero attached hydrogens (tertiary/aromatic N) is 4. The minimum Gasteiger partial charge on any atom is -0.370 e. The van der Waals surface area contributed by atoms with Crippen LogP contribution in [0.4, 0.5) is 0 Å². The Kier molecular flexibility index (Phi) is 5.41. The maximum Gasteiger partial charge on any atom is 0.160 e. The van der Waals surface area contributed by atoms with Crippen LogP contribution in [0.2, 0.25) is 0 Å². The van der Waals surface area contributed by atoms with Crippen molar-refractivity contribution in [3.63, 3.8) is 0 Å². The third-order valence-corrected chi connectivity index (χ3v) is 6.09. The molecule has 2 aliphatic heterocycles. The molecule has 1 atom stereocenters. The first-order valence-corrected chi connectivity index (χ1v) is 10.8. The van der Waals surface area contributed by atoms with E-state index in [1.807, 2.05) is 12.3 Å². The number of aromatic nitrogens is 3. The number of benzene rings is 1. The van der Waals surface area contributed by atoms with E-state index in [-0.39, 0.29) is 6.10 Å². The molecule has 2 fully saturated rings. The lowest BCUT2D eigenvalue weighted by molar-refractivity contribution is 0.0978. The second-order valence-corrected chi connectivity index (χ2v) is 8.03. The minimum atomic E-state index is 0.121.